The molecular weight excluding hydrogens is 314 g/mol. The number of anilines is 1. The van der Waals surface area contributed by atoms with Gasteiger partial charge in [0.2, 0.25) is 0 Å². The minimum Gasteiger partial charge on any atom is -0.388 e. The number of benzene rings is 1. The average molecular weight is 341 g/mol. The average Bonchev–Trinajstić information content (AvgIpc) is 2.64. The molecule has 3 N–H and O–H groups in total. The van der Waals surface area contributed by atoms with Crippen LogP contribution in [0.5, 0.6) is 0 Å². The molecule has 0 unspecified atom stereocenters. The number of piperazine rings is 1. The molecule has 1 aliphatic heterocycles. The van der Waals surface area contributed by atoms with Gasteiger partial charge in [-0.05, 0) is 24.5 Å². The number of nitrogens with zero attached hydrogens (tertiary/aromatic N) is 2. The fourth-order valence-electron chi connectivity index (χ4n) is 2.86. The van der Waals surface area contributed by atoms with Crippen LogP contribution < -0.4 is 16.0 Å². The molecule has 6 heteroatoms. The first-order valence-corrected chi connectivity index (χ1v) is 8.82. The number of hydrogen-bond acceptors (Lipinski definition) is 5. The SMILES string of the molecule is CCc1cccc(C)c1NC(=O)/C(C#N)=C\NCCN1CCNCC1. The molecular formula is C19H27N5O. The molecule has 1 amide bonds. The van der Waals surface area contributed by atoms with Crippen LogP contribution in [0, 0.1) is 18.3 Å². The standard InChI is InChI=1S/C19H27N5O/c1-3-16-6-4-5-15(2)18(16)23-19(25)17(13-20)14-22-9-12-24-10-7-21-8-11-24/h4-6,14,21-22H,3,7-12H2,1-2H3,(H,23,25)/b17-14-. The Morgan fingerprint density at radius 3 is 2.84 bits per heavy atom. The van der Waals surface area contributed by atoms with Gasteiger partial charge < -0.3 is 16.0 Å². The van der Waals surface area contributed by atoms with E-state index in [0.29, 0.717) is 6.54 Å². The second-order valence-electron chi connectivity index (χ2n) is 6.13. The van der Waals surface area contributed by atoms with Crippen LogP contribution in [-0.4, -0.2) is 50.1 Å². The van der Waals surface area contributed by atoms with Gasteiger partial charge in [0.25, 0.3) is 5.91 Å². The van der Waals surface area contributed by atoms with Gasteiger partial charge in [-0.1, -0.05) is 25.1 Å². The van der Waals surface area contributed by atoms with Crippen molar-refractivity contribution in [3.05, 3.63) is 41.1 Å². The smallest absolute Gasteiger partial charge is 0.267 e. The normalized spacial score (nSPS) is 15.5. The van der Waals surface area contributed by atoms with Gasteiger partial charge in [-0.25, -0.2) is 0 Å². The highest BCUT2D eigenvalue weighted by Gasteiger charge is 2.13. The maximum absolute atomic E-state index is 12.4. The number of amides is 1. The fourth-order valence-corrected chi connectivity index (χ4v) is 2.86. The molecule has 0 radical (unpaired) electrons. The molecule has 1 fully saturated rings. The molecule has 1 aromatic carbocycles. The first-order chi connectivity index (χ1) is 12.2. The van der Waals surface area contributed by atoms with Crippen molar-refractivity contribution < 1.29 is 4.79 Å². The third-order valence-corrected chi connectivity index (χ3v) is 4.37. The lowest BCUT2D eigenvalue weighted by molar-refractivity contribution is -0.112. The number of nitrogens with one attached hydrogen (secondary N) is 3. The van der Waals surface area contributed by atoms with Crippen LogP contribution in [0.25, 0.3) is 0 Å². The van der Waals surface area contributed by atoms with E-state index in [4.69, 9.17) is 0 Å². The Bertz CT molecular complexity index is 656. The highest BCUT2D eigenvalue weighted by atomic mass is 16.1. The molecule has 1 aromatic rings. The predicted molar refractivity (Wildman–Crippen MR) is 100 cm³/mol. The summed E-state index contributed by atoms with van der Waals surface area (Å²) in [5.41, 5.74) is 2.96. The van der Waals surface area contributed by atoms with Crippen molar-refractivity contribution in [2.75, 3.05) is 44.6 Å². The van der Waals surface area contributed by atoms with E-state index in [1.807, 2.05) is 38.1 Å². The Morgan fingerprint density at radius 1 is 1.40 bits per heavy atom. The zero-order chi connectivity index (χ0) is 18.1. The van der Waals surface area contributed by atoms with Crippen LogP contribution in [0.4, 0.5) is 5.69 Å². The van der Waals surface area contributed by atoms with E-state index in [9.17, 15) is 10.1 Å². The number of nitriles is 1. The highest BCUT2D eigenvalue weighted by Crippen LogP contribution is 2.21. The van der Waals surface area contributed by atoms with Crippen LogP contribution >= 0.6 is 0 Å². The summed E-state index contributed by atoms with van der Waals surface area (Å²) in [6.45, 7) is 9.70. The Hall–Kier alpha value is -2.36. The minimum atomic E-state index is -0.374. The van der Waals surface area contributed by atoms with Gasteiger partial charge in [-0.2, -0.15) is 5.26 Å². The van der Waals surface area contributed by atoms with E-state index in [0.717, 1.165) is 56.0 Å². The fraction of sp³-hybridized carbons (Fsp3) is 0.474. The number of carbonyl (C=O) groups is 1. The zero-order valence-corrected chi connectivity index (χ0v) is 15.1. The first kappa shape index (κ1) is 19.0. The molecule has 0 spiro atoms. The molecule has 1 aliphatic rings. The van der Waals surface area contributed by atoms with Crippen molar-refractivity contribution >= 4 is 11.6 Å². The van der Waals surface area contributed by atoms with Gasteiger partial charge >= 0.3 is 0 Å². The molecule has 0 bridgehead atoms. The van der Waals surface area contributed by atoms with E-state index in [-0.39, 0.29) is 11.5 Å². The molecule has 134 valence electrons. The van der Waals surface area contributed by atoms with Crippen LogP contribution in [0.2, 0.25) is 0 Å². The number of hydrogen-bond donors (Lipinski definition) is 3. The summed E-state index contributed by atoms with van der Waals surface area (Å²) in [7, 11) is 0. The lowest BCUT2D eigenvalue weighted by Crippen LogP contribution is -2.45. The molecule has 0 atom stereocenters. The van der Waals surface area contributed by atoms with Crippen LogP contribution in [0.1, 0.15) is 18.1 Å². The van der Waals surface area contributed by atoms with E-state index in [1.165, 1.54) is 6.20 Å². The maximum Gasteiger partial charge on any atom is 0.267 e. The molecule has 0 aliphatic carbocycles. The Morgan fingerprint density at radius 2 is 2.16 bits per heavy atom. The summed E-state index contributed by atoms with van der Waals surface area (Å²) in [5.74, 6) is -0.374. The van der Waals surface area contributed by atoms with E-state index in [2.05, 4.69) is 20.9 Å². The molecule has 6 nitrogen and oxygen atoms in total. The van der Waals surface area contributed by atoms with Crippen molar-refractivity contribution in [1.29, 1.82) is 5.26 Å². The molecule has 1 saturated heterocycles. The topological polar surface area (TPSA) is 80.2 Å². The van der Waals surface area contributed by atoms with Crippen molar-refractivity contribution in [2.24, 2.45) is 0 Å². The van der Waals surface area contributed by atoms with Gasteiger partial charge in [-0.3, -0.25) is 9.69 Å². The number of para-hydroxylation sites is 1. The summed E-state index contributed by atoms with van der Waals surface area (Å²) < 4.78 is 0. The van der Waals surface area contributed by atoms with Gasteiger partial charge in [0.05, 0.1) is 0 Å². The quantitative estimate of drug-likeness (QED) is 0.397. The van der Waals surface area contributed by atoms with Crippen molar-refractivity contribution in [3.63, 3.8) is 0 Å². The second kappa shape index (κ2) is 9.82. The summed E-state index contributed by atoms with van der Waals surface area (Å²) in [6.07, 6.45) is 2.34. The summed E-state index contributed by atoms with van der Waals surface area (Å²) in [5, 5.41) is 18.6. The lowest BCUT2D eigenvalue weighted by Gasteiger charge is -2.26. The predicted octanol–water partition coefficient (Wildman–Crippen LogP) is 1.40. The second-order valence-corrected chi connectivity index (χ2v) is 6.13. The van der Waals surface area contributed by atoms with Gasteiger partial charge in [0.1, 0.15) is 11.6 Å². The number of aryl methyl sites for hydroxylation is 2. The van der Waals surface area contributed by atoms with Crippen LogP contribution in [0.15, 0.2) is 30.0 Å². The third-order valence-electron chi connectivity index (χ3n) is 4.37. The first-order valence-electron chi connectivity index (χ1n) is 8.82. The van der Waals surface area contributed by atoms with E-state index < -0.39 is 0 Å². The number of rotatable bonds is 7. The van der Waals surface area contributed by atoms with Crippen molar-refractivity contribution in [2.45, 2.75) is 20.3 Å². The minimum absolute atomic E-state index is 0.0885. The molecule has 25 heavy (non-hydrogen) atoms. The van der Waals surface area contributed by atoms with Gasteiger partial charge in [0, 0.05) is 51.2 Å². The van der Waals surface area contributed by atoms with Crippen LogP contribution in [-0.2, 0) is 11.2 Å². The summed E-state index contributed by atoms with van der Waals surface area (Å²) >= 11 is 0. The monoisotopic (exact) mass is 341 g/mol. The molecule has 0 saturated carbocycles. The van der Waals surface area contributed by atoms with Gasteiger partial charge in [-0.15, -0.1) is 0 Å². The van der Waals surface area contributed by atoms with Crippen molar-refractivity contribution in [3.8, 4) is 6.07 Å². The van der Waals surface area contributed by atoms with E-state index in [1.54, 1.807) is 0 Å². The molecule has 1 heterocycles. The summed E-state index contributed by atoms with van der Waals surface area (Å²) in [6, 6.07) is 7.90. The Kier molecular flexibility index (Phi) is 7.45. The van der Waals surface area contributed by atoms with Crippen LogP contribution in [0.3, 0.4) is 0 Å². The number of carbonyl (C=O) groups excluding carboxylic acids is 1. The zero-order valence-electron chi connectivity index (χ0n) is 15.1. The van der Waals surface area contributed by atoms with Gasteiger partial charge in [0.15, 0.2) is 0 Å². The lowest BCUT2D eigenvalue weighted by atomic mass is 10.1. The third kappa shape index (κ3) is 5.59. The Balaban J connectivity index is 1.91. The van der Waals surface area contributed by atoms with Crippen molar-refractivity contribution in [1.82, 2.24) is 15.5 Å². The summed E-state index contributed by atoms with van der Waals surface area (Å²) in [4.78, 5) is 14.8. The van der Waals surface area contributed by atoms with E-state index >= 15 is 0 Å². The highest BCUT2D eigenvalue weighted by molar-refractivity contribution is 6.07. The Labute approximate surface area is 149 Å². The maximum atomic E-state index is 12.4. The molecule has 2 rings (SSSR count). The largest absolute Gasteiger partial charge is 0.388 e. The molecule has 0 aromatic heterocycles.